The van der Waals surface area contributed by atoms with E-state index in [-0.39, 0.29) is 11.7 Å². The van der Waals surface area contributed by atoms with Crippen molar-refractivity contribution in [2.75, 3.05) is 11.9 Å². The van der Waals surface area contributed by atoms with E-state index in [1.165, 1.54) is 0 Å². The van der Waals surface area contributed by atoms with Gasteiger partial charge >= 0.3 is 0 Å². The Kier molecular flexibility index (Phi) is 4.76. The normalized spacial score (nSPS) is 10.3. The number of carbonyl (C=O) groups is 1. The molecule has 104 valence electrons. The van der Waals surface area contributed by atoms with E-state index in [1.54, 1.807) is 30.3 Å². The molecule has 20 heavy (non-hydrogen) atoms. The summed E-state index contributed by atoms with van der Waals surface area (Å²) in [5.41, 5.74) is 7.48. The highest BCUT2D eigenvalue weighted by atomic mass is 79.9. The summed E-state index contributed by atoms with van der Waals surface area (Å²) in [6.45, 7) is 0.581. The molecule has 2 rings (SSSR count). The van der Waals surface area contributed by atoms with Crippen molar-refractivity contribution >= 4 is 27.5 Å². The number of phenolic OH excluding ortho intramolecular Hbond substituents is 1. The second kappa shape index (κ2) is 6.54. The largest absolute Gasteiger partial charge is 0.505 e. The molecule has 4 N–H and O–H groups in total. The van der Waals surface area contributed by atoms with Gasteiger partial charge in [0.15, 0.2) is 5.75 Å². The summed E-state index contributed by atoms with van der Waals surface area (Å²) in [5, 5.41) is 12.5. The van der Waals surface area contributed by atoms with Gasteiger partial charge in [0, 0.05) is 5.56 Å². The number of benzene rings is 2. The molecule has 0 radical (unpaired) electrons. The molecule has 0 fully saturated rings. The van der Waals surface area contributed by atoms with Crippen LogP contribution in [-0.4, -0.2) is 17.6 Å². The third kappa shape index (κ3) is 3.37. The predicted octanol–water partition coefficient (Wildman–Crippen LogP) is 2.91. The molecule has 0 bridgehead atoms. The van der Waals surface area contributed by atoms with Crippen LogP contribution in [0.4, 0.5) is 5.69 Å². The average molecular weight is 335 g/mol. The Morgan fingerprint density at radius 2 is 1.90 bits per heavy atom. The van der Waals surface area contributed by atoms with Crippen LogP contribution in [0.2, 0.25) is 0 Å². The molecule has 4 nitrogen and oxygen atoms in total. The summed E-state index contributed by atoms with van der Waals surface area (Å²) in [6.07, 6.45) is 0.786. The Morgan fingerprint density at radius 1 is 1.20 bits per heavy atom. The zero-order valence-electron chi connectivity index (χ0n) is 10.8. The fourth-order valence-electron chi connectivity index (χ4n) is 1.80. The highest BCUT2D eigenvalue weighted by Gasteiger charge is 2.10. The summed E-state index contributed by atoms with van der Waals surface area (Å²) >= 11 is 3.21. The van der Waals surface area contributed by atoms with Gasteiger partial charge in [0.25, 0.3) is 5.91 Å². The van der Waals surface area contributed by atoms with Gasteiger partial charge in [0.1, 0.15) is 0 Å². The van der Waals surface area contributed by atoms with Gasteiger partial charge in [-0.05, 0) is 58.7 Å². The van der Waals surface area contributed by atoms with Gasteiger partial charge in [0.2, 0.25) is 0 Å². The van der Waals surface area contributed by atoms with Crippen molar-refractivity contribution < 1.29 is 9.90 Å². The molecule has 0 aliphatic carbocycles. The molecule has 0 spiro atoms. The van der Waals surface area contributed by atoms with E-state index in [1.807, 2.05) is 12.1 Å². The maximum Gasteiger partial charge on any atom is 0.255 e. The lowest BCUT2D eigenvalue weighted by Gasteiger charge is -2.08. The first-order valence-electron chi connectivity index (χ1n) is 6.19. The number of hydrogen-bond donors (Lipinski definition) is 3. The molecule has 0 saturated carbocycles. The number of rotatable bonds is 4. The van der Waals surface area contributed by atoms with Gasteiger partial charge in [-0.15, -0.1) is 0 Å². The summed E-state index contributed by atoms with van der Waals surface area (Å²) in [6, 6.07) is 12.3. The number of hydrogen-bond acceptors (Lipinski definition) is 3. The van der Waals surface area contributed by atoms with E-state index in [9.17, 15) is 9.90 Å². The first-order chi connectivity index (χ1) is 9.61. The van der Waals surface area contributed by atoms with Crippen molar-refractivity contribution in [3.63, 3.8) is 0 Å². The summed E-state index contributed by atoms with van der Waals surface area (Å²) < 4.78 is 0.536. The lowest BCUT2D eigenvalue weighted by atomic mass is 10.1. The number of nitrogens with two attached hydrogens (primary N) is 1. The van der Waals surface area contributed by atoms with Gasteiger partial charge in [0.05, 0.1) is 10.2 Å². The average Bonchev–Trinajstić information content (AvgIpc) is 2.45. The Morgan fingerprint density at radius 3 is 2.55 bits per heavy atom. The lowest BCUT2D eigenvalue weighted by Crippen LogP contribution is -2.12. The maximum atomic E-state index is 12.1. The van der Waals surface area contributed by atoms with Crippen molar-refractivity contribution in [1.82, 2.24) is 0 Å². The SMILES string of the molecule is NCCc1ccc(C(=O)Nc2cccc(Br)c2O)cc1. The Hall–Kier alpha value is -1.85. The van der Waals surface area contributed by atoms with Gasteiger partial charge in [-0.2, -0.15) is 0 Å². The monoisotopic (exact) mass is 334 g/mol. The fourth-order valence-corrected chi connectivity index (χ4v) is 2.17. The number of anilines is 1. The second-order valence-electron chi connectivity index (χ2n) is 4.33. The Bertz CT molecular complexity index is 612. The van der Waals surface area contributed by atoms with Crippen molar-refractivity contribution in [2.45, 2.75) is 6.42 Å². The molecule has 0 atom stereocenters. The number of halogens is 1. The first kappa shape index (κ1) is 14.6. The molecule has 0 aromatic heterocycles. The van der Waals surface area contributed by atoms with Crippen LogP contribution < -0.4 is 11.1 Å². The maximum absolute atomic E-state index is 12.1. The van der Waals surface area contributed by atoms with E-state index in [0.29, 0.717) is 22.3 Å². The van der Waals surface area contributed by atoms with Crippen LogP contribution in [0.15, 0.2) is 46.9 Å². The van der Waals surface area contributed by atoms with Crippen LogP contribution in [0, 0.1) is 0 Å². The minimum Gasteiger partial charge on any atom is -0.505 e. The quantitative estimate of drug-likeness (QED) is 0.752. The highest BCUT2D eigenvalue weighted by molar-refractivity contribution is 9.10. The third-order valence-corrected chi connectivity index (χ3v) is 3.52. The number of amides is 1. The number of nitrogens with one attached hydrogen (secondary N) is 1. The minimum atomic E-state index is -0.266. The molecule has 0 saturated heterocycles. The van der Waals surface area contributed by atoms with Crippen LogP contribution in [0.25, 0.3) is 0 Å². The topological polar surface area (TPSA) is 75.4 Å². The zero-order chi connectivity index (χ0) is 14.5. The molecule has 5 heteroatoms. The van der Waals surface area contributed by atoms with E-state index in [0.717, 1.165) is 12.0 Å². The van der Waals surface area contributed by atoms with Crippen LogP contribution in [-0.2, 0) is 6.42 Å². The Balaban J connectivity index is 2.13. The fraction of sp³-hybridized carbons (Fsp3) is 0.133. The molecule has 0 unspecified atom stereocenters. The lowest BCUT2D eigenvalue weighted by molar-refractivity contribution is 0.102. The van der Waals surface area contributed by atoms with E-state index in [2.05, 4.69) is 21.2 Å². The number of carbonyl (C=O) groups excluding carboxylic acids is 1. The van der Waals surface area contributed by atoms with Gasteiger partial charge in [-0.3, -0.25) is 4.79 Å². The van der Waals surface area contributed by atoms with Crippen molar-refractivity contribution in [3.8, 4) is 5.75 Å². The van der Waals surface area contributed by atoms with Crippen LogP contribution in [0.1, 0.15) is 15.9 Å². The number of para-hydroxylation sites is 1. The predicted molar refractivity (Wildman–Crippen MR) is 83.0 cm³/mol. The molecule has 0 aliphatic rings. The minimum absolute atomic E-state index is 0.0144. The van der Waals surface area contributed by atoms with E-state index < -0.39 is 0 Å². The number of phenols is 1. The van der Waals surface area contributed by atoms with Crippen LogP contribution in [0.5, 0.6) is 5.75 Å². The molecule has 0 heterocycles. The third-order valence-electron chi connectivity index (χ3n) is 2.88. The Labute approximate surface area is 125 Å². The highest BCUT2D eigenvalue weighted by Crippen LogP contribution is 2.31. The smallest absolute Gasteiger partial charge is 0.255 e. The second-order valence-corrected chi connectivity index (χ2v) is 5.18. The first-order valence-corrected chi connectivity index (χ1v) is 6.99. The van der Waals surface area contributed by atoms with Crippen molar-refractivity contribution in [1.29, 1.82) is 0 Å². The van der Waals surface area contributed by atoms with Gasteiger partial charge in [-0.25, -0.2) is 0 Å². The molecule has 1 amide bonds. The zero-order valence-corrected chi connectivity index (χ0v) is 12.4. The van der Waals surface area contributed by atoms with Gasteiger partial charge < -0.3 is 16.2 Å². The van der Waals surface area contributed by atoms with Crippen molar-refractivity contribution in [3.05, 3.63) is 58.1 Å². The summed E-state index contributed by atoms with van der Waals surface area (Å²) in [7, 11) is 0. The van der Waals surface area contributed by atoms with Crippen molar-refractivity contribution in [2.24, 2.45) is 5.73 Å². The van der Waals surface area contributed by atoms with Crippen LogP contribution >= 0.6 is 15.9 Å². The van der Waals surface area contributed by atoms with Crippen LogP contribution in [0.3, 0.4) is 0 Å². The number of aromatic hydroxyl groups is 1. The summed E-state index contributed by atoms with van der Waals surface area (Å²) in [5.74, 6) is -0.252. The summed E-state index contributed by atoms with van der Waals surface area (Å²) in [4.78, 5) is 12.1. The molecule has 2 aromatic rings. The molecular weight excluding hydrogens is 320 g/mol. The van der Waals surface area contributed by atoms with E-state index in [4.69, 9.17) is 5.73 Å². The standard InChI is InChI=1S/C15H15BrN2O2/c16-12-2-1-3-13(14(12)19)18-15(20)11-6-4-10(5-7-11)8-9-17/h1-7,19H,8-9,17H2,(H,18,20). The molecular formula is C15H15BrN2O2. The van der Waals surface area contributed by atoms with Gasteiger partial charge in [-0.1, -0.05) is 18.2 Å². The van der Waals surface area contributed by atoms with E-state index >= 15 is 0 Å². The molecule has 2 aromatic carbocycles. The molecule has 0 aliphatic heterocycles.